The predicted octanol–water partition coefficient (Wildman–Crippen LogP) is 3.38. The van der Waals surface area contributed by atoms with E-state index in [-0.39, 0.29) is 37.3 Å². The molecule has 1 aromatic rings. The molecule has 0 unspecified atom stereocenters. The first-order chi connectivity index (χ1) is 11.3. The topological polar surface area (TPSA) is 62.4 Å². The number of hydrogen-bond acceptors (Lipinski definition) is 4. The number of nitrogens with one attached hydrogen (secondary N) is 3. The molecule has 0 bridgehead atoms. The van der Waals surface area contributed by atoms with Gasteiger partial charge in [-0.05, 0) is 25.0 Å². The molecule has 0 spiro atoms. The Balaban J connectivity index is 0.00000288. The highest BCUT2D eigenvalue weighted by Gasteiger charge is 2.11. The van der Waals surface area contributed by atoms with Crippen LogP contribution in [0.2, 0.25) is 0 Å². The van der Waals surface area contributed by atoms with E-state index in [1.54, 1.807) is 7.11 Å². The van der Waals surface area contributed by atoms with Crippen molar-refractivity contribution in [1.29, 1.82) is 0 Å². The van der Waals surface area contributed by atoms with Gasteiger partial charge in [0.25, 0.3) is 0 Å². The summed E-state index contributed by atoms with van der Waals surface area (Å²) in [7, 11) is 1.62. The minimum Gasteiger partial charge on any atom is -0.495 e. The maximum Gasteiger partial charge on any atom is 0.239 e. The number of benzene rings is 1. The van der Waals surface area contributed by atoms with E-state index in [1.807, 2.05) is 24.3 Å². The van der Waals surface area contributed by atoms with Gasteiger partial charge >= 0.3 is 0 Å². The van der Waals surface area contributed by atoms with E-state index < -0.39 is 0 Å². The minimum atomic E-state index is -0.00132. The molecule has 144 valence electrons. The Morgan fingerprint density at radius 1 is 1.08 bits per heavy atom. The number of rotatable bonds is 8. The summed E-state index contributed by atoms with van der Waals surface area (Å²) in [6.45, 7) is 1.76. The highest BCUT2D eigenvalue weighted by Crippen LogP contribution is 2.22. The average molecular weight is 392 g/mol. The first kappa shape index (κ1) is 23.8. The molecule has 0 saturated heterocycles. The van der Waals surface area contributed by atoms with Crippen molar-refractivity contribution in [2.75, 3.05) is 32.1 Å². The largest absolute Gasteiger partial charge is 0.495 e. The Morgan fingerprint density at radius 2 is 1.76 bits per heavy atom. The van der Waals surface area contributed by atoms with Gasteiger partial charge in [0.15, 0.2) is 0 Å². The van der Waals surface area contributed by atoms with Crippen LogP contribution in [0.3, 0.4) is 0 Å². The molecule has 0 heterocycles. The summed E-state index contributed by atoms with van der Waals surface area (Å²) in [5, 5.41) is 9.60. The molecule has 1 amide bonds. The maximum atomic E-state index is 11.9. The van der Waals surface area contributed by atoms with E-state index in [0.717, 1.165) is 18.0 Å². The van der Waals surface area contributed by atoms with Crippen molar-refractivity contribution in [2.45, 2.75) is 44.6 Å². The molecule has 3 N–H and O–H groups in total. The number of anilines is 1. The quantitative estimate of drug-likeness (QED) is 0.469. The average Bonchev–Trinajstić information content (AvgIpc) is 2.86. The fourth-order valence-corrected chi connectivity index (χ4v) is 2.99. The second-order valence-electron chi connectivity index (χ2n) is 6.05. The van der Waals surface area contributed by atoms with E-state index in [9.17, 15) is 4.79 Å². The number of hydrogen-bond donors (Lipinski definition) is 3. The van der Waals surface area contributed by atoms with E-state index in [1.165, 1.54) is 38.5 Å². The Kier molecular flexibility index (Phi) is 13.4. The number of methoxy groups -OCH3 is 1. The van der Waals surface area contributed by atoms with Crippen LogP contribution in [0, 0.1) is 0 Å². The Bertz CT molecular complexity index is 481. The Morgan fingerprint density at radius 3 is 2.44 bits per heavy atom. The van der Waals surface area contributed by atoms with Crippen molar-refractivity contribution in [1.82, 2.24) is 10.6 Å². The lowest BCUT2D eigenvalue weighted by Crippen LogP contribution is -2.38. The van der Waals surface area contributed by atoms with Gasteiger partial charge in [0, 0.05) is 19.1 Å². The molecule has 7 heteroatoms. The van der Waals surface area contributed by atoms with Crippen LogP contribution in [0.4, 0.5) is 5.69 Å². The number of ether oxygens (including phenoxy) is 1. The van der Waals surface area contributed by atoms with E-state index >= 15 is 0 Å². The number of halogens is 2. The van der Waals surface area contributed by atoms with Crippen molar-refractivity contribution in [3.05, 3.63) is 24.3 Å². The predicted molar refractivity (Wildman–Crippen MR) is 108 cm³/mol. The van der Waals surface area contributed by atoms with Crippen LogP contribution in [0.1, 0.15) is 38.5 Å². The van der Waals surface area contributed by atoms with E-state index in [4.69, 9.17) is 4.74 Å². The molecule has 1 saturated carbocycles. The van der Waals surface area contributed by atoms with Crippen LogP contribution in [-0.2, 0) is 4.79 Å². The number of carbonyl (C=O) groups is 1. The van der Waals surface area contributed by atoms with Crippen molar-refractivity contribution < 1.29 is 9.53 Å². The molecule has 1 aliphatic carbocycles. The van der Waals surface area contributed by atoms with Crippen molar-refractivity contribution >= 4 is 36.4 Å². The summed E-state index contributed by atoms with van der Waals surface area (Å²) < 4.78 is 5.25. The molecule has 1 aromatic carbocycles. The van der Waals surface area contributed by atoms with Gasteiger partial charge in [-0.1, -0.05) is 37.8 Å². The fourth-order valence-electron chi connectivity index (χ4n) is 2.99. The fraction of sp³-hybridized carbons (Fsp3) is 0.611. The zero-order chi connectivity index (χ0) is 16.3. The van der Waals surface area contributed by atoms with E-state index in [2.05, 4.69) is 16.0 Å². The van der Waals surface area contributed by atoms with Gasteiger partial charge in [-0.15, -0.1) is 24.8 Å². The third-order valence-electron chi connectivity index (χ3n) is 4.28. The molecular weight excluding hydrogens is 361 g/mol. The molecule has 0 aliphatic heterocycles. The monoisotopic (exact) mass is 391 g/mol. The lowest BCUT2D eigenvalue weighted by molar-refractivity contribution is -0.119. The van der Waals surface area contributed by atoms with Crippen molar-refractivity contribution in [3.8, 4) is 5.75 Å². The molecular formula is C18H31Cl2N3O2. The van der Waals surface area contributed by atoms with Gasteiger partial charge in [0.05, 0.1) is 19.3 Å². The third kappa shape index (κ3) is 9.19. The highest BCUT2D eigenvalue weighted by molar-refractivity contribution is 5.85. The molecule has 0 aromatic heterocycles. The van der Waals surface area contributed by atoms with Crippen LogP contribution < -0.4 is 20.7 Å². The van der Waals surface area contributed by atoms with Gasteiger partial charge in [-0.25, -0.2) is 0 Å². The minimum absolute atomic E-state index is 0. The molecule has 5 nitrogen and oxygen atoms in total. The molecule has 1 aliphatic rings. The van der Waals surface area contributed by atoms with Crippen molar-refractivity contribution in [2.24, 2.45) is 0 Å². The van der Waals surface area contributed by atoms with Gasteiger partial charge in [-0.3, -0.25) is 4.79 Å². The maximum absolute atomic E-state index is 11.9. The molecule has 2 rings (SSSR count). The number of amides is 1. The number of para-hydroxylation sites is 2. The van der Waals surface area contributed by atoms with Crippen molar-refractivity contribution in [3.63, 3.8) is 0 Å². The van der Waals surface area contributed by atoms with Crippen LogP contribution in [0.5, 0.6) is 5.75 Å². The summed E-state index contributed by atoms with van der Waals surface area (Å²) in [6.07, 6.45) is 7.92. The van der Waals surface area contributed by atoms with Crippen LogP contribution in [-0.4, -0.2) is 38.7 Å². The third-order valence-corrected chi connectivity index (χ3v) is 4.28. The highest BCUT2D eigenvalue weighted by atomic mass is 35.5. The normalized spacial score (nSPS) is 14.4. The summed E-state index contributed by atoms with van der Waals surface area (Å²) in [5.74, 6) is 0.744. The summed E-state index contributed by atoms with van der Waals surface area (Å²) in [5.41, 5.74) is 0.835. The van der Waals surface area contributed by atoms with Gasteiger partial charge in [-0.2, -0.15) is 0 Å². The second kappa shape index (κ2) is 14.0. The molecule has 0 atom stereocenters. The van der Waals surface area contributed by atoms with E-state index in [0.29, 0.717) is 12.6 Å². The first-order valence-corrected chi connectivity index (χ1v) is 8.66. The summed E-state index contributed by atoms with van der Waals surface area (Å²) in [4.78, 5) is 11.9. The molecule has 0 radical (unpaired) electrons. The Labute approximate surface area is 163 Å². The van der Waals surface area contributed by atoms with Crippen LogP contribution in [0.15, 0.2) is 24.3 Å². The van der Waals surface area contributed by atoms with Crippen LogP contribution >= 0.6 is 24.8 Å². The molecule has 25 heavy (non-hydrogen) atoms. The standard InChI is InChI=1S/C18H29N3O2.2ClH/c1-23-17-11-7-6-10-16(17)21-14-18(22)20-13-12-19-15-8-4-2-3-5-9-15;;/h6-7,10-11,15,19,21H,2-5,8-9,12-14H2,1H3,(H,20,22);2*1H. The lowest BCUT2D eigenvalue weighted by Gasteiger charge is -2.16. The van der Waals surface area contributed by atoms with Gasteiger partial charge < -0.3 is 20.7 Å². The van der Waals surface area contributed by atoms with Gasteiger partial charge in [0.2, 0.25) is 5.91 Å². The zero-order valence-electron chi connectivity index (χ0n) is 14.9. The zero-order valence-corrected chi connectivity index (χ0v) is 16.5. The SMILES string of the molecule is COc1ccccc1NCC(=O)NCCNC1CCCCCC1.Cl.Cl. The number of carbonyl (C=O) groups excluding carboxylic acids is 1. The molecule has 1 fully saturated rings. The lowest BCUT2D eigenvalue weighted by atomic mass is 10.1. The van der Waals surface area contributed by atoms with Crippen LogP contribution in [0.25, 0.3) is 0 Å². The smallest absolute Gasteiger partial charge is 0.239 e. The Hall–Kier alpha value is -1.17. The first-order valence-electron chi connectivity index (χ1n) is 8.66. The summed E-state index contributed by atoms with van der Waals surface area (Å²) >= 11 is 0. The summed E-state index contributed by atoms with van der Waals surface area (Å²) in [6, 6.07) is 8.22. The van der Waals surface area contributed by atoms with Gasteiger partial charge in [0.1, 0.15) is 5.75 Å². The second-order valence-corrected chi connectivity index (χ2v) is 6.05.